The minimum absolute atomic E-state index is 0.419. The zero-order chi connectivity index (χ0) is 14.3. The highest BCUT2D eigenvalue weighted by molar-refractivity contribution is 6.30. The van der Waals surface area contributed by atoms with Crippen molar-refractivity contribution in [1.29, 1.82) is 0 Å². The van der Waals surface area contributed by atoms with Crippen LogP contribution >= 0.6 is 11.6 Å². The summed E-state index contributed by atoms with van der Waals surface area (Å²) in [4.78, 5) is 2.86. The van der Waals surface area contributed by atoms with Gasteiger partial charge in [-0.15, -0.1) is 0 Å². The third-order valence-electron chi connectivity index (χ3n) is 5.90. The van der Waals surface area contributed by atoms with E-state index < -0.39 is 0 Å². The van der Waals surface area contributed by atoms with Gasteiger partial charge in [-0.1, -0.05) is 36.9 Å². The van der Waals surface area contributed by atoms with Crippen molar-refractivity contribution in [3.63, 3.8) is 0 Å². The molecule has 1 unspecified atom stereocenters. The van der Waals surface area contributed by atoms with E-state index in [9.17, 15) is 0 Å². The summed E-state index contributed by atoms with van der Waals surface area (Å²) in [6, 6.07) is 7.17. The van der Waals surface area contributed by atoms with Gasteiger partial charge in [-0.2, -0.15) is 0 Å². The van der Waals surface area contributed by atoms with E-state index in [1.807, 2.05) is 0 Å². The van der Waals surface area contributed by atoms with Crippen molar-refractivity contribution in [2.24, 2.45) is 0 Å². The van der Waals surface area contributed by atoms with Gasteiger partial charge in [0.15, 0.2) is 0 Å². The Balaban J connectivity index is 1.66. The van der Waals surface area contributed by atoms with Gasteiger partial charge in [0.2, 0.25) is 0 Å². The highest BCUT2D eigenvalue weighted by atomic mass is 35.5. The Morgan fingerprint density at radius 3 is 2.90 bits per heavy atom. The van der Waals surface area contributed by atoms with E-state index in [-0.39, 0.29) is 0 Å². The molecular weight excluding hydrogens is 280 g/mol. The topological polar surface area (TPSA) is 15.3 Å². The monoisotopic (exact) mass is 304 g/mol. The summed E-state index contributed by atoms with van der Waals surface area (Å²) in [7, 11) is 0. The van der Waals surface area contributed by atoms with E-state index in [1.165, 1.54) is 63.6 Å². The van der Waals surface area contributed by atoms with Gasteiger partial charge in [0, 0.05) is 36.2 Å². The molecule has 1 saturated heterocycles. The van der Waals surface area contributed by atoms with Crippen molar-refractivity contribution in [1.82, 2.24) is 10.2 Å². The maximum Gasteiger partial charge on any atom is 0.0408 e. The Morgan fingerprint density at radius 2 is 2.05 bits per heavy atom. The highest BCUT2D eigenvalue weighted by Gasteiger charge is 2.44. The molecule has 1 aromatic carbocycles. The summed E-state index contributed by atoms with van der Waals surface area (Å²) in [6.45, 7) is 3.53. The van der Waals surface area contributed by atoms with Gasteiger partial charge in [-0.3, -0.25) is 4.90 Å². The zero-order valence-corrected chi connectivity index (χ0v) is 13.5. The zero-order valence-electron chi connectivity index (χ0n) is 12.7. The van der Waals surface area contributed by atoms with E-state index in [1.54, 1.807) is 5.56 Å². The Morgan fingerprint density at radius 1 is 1.19 bits per heavy atom. The van der Waals surface area contributed by atoms with E-state index >= 15 is 0 Å². The molecule has 2 nitrogen and oxygen atoms in total. The molecule has 114 valence electrons. The molecule has 3 aliphatic rings. The first-order chi connectivity index (χ1) is 10.3. The lowest BCUT2D eigenvalue weighted by Crippen LogP contribution is -2.62. The molecule has 21 heavy (non-hydrogen) atoms. The molecular formula is C18H25ClN2. The molecule has 1 aromatic rings. The second-order valence-electron chi connectivity index (χ2n) is 7.05. The maximum absolute atomic E-state index is 6.18. The molecule has 1 heterocycles. The molecule has 1 spiro atoms. The van der Waals surface area contributed by atoms with Gasteiger partial charge in [0.25, 0.3) is 0 Å². The summed E-state index contributed by atoms with van der Waals surface area (Å²) in [5, 5.41) is 4.56. The van der Waals surface area contributed by atoms with Gasteiger partial charge in [-0.05, 0) is 48.9 Å². The van der Waals surface area contributed by atoms with Gasteiger partial charge < -0.3 is 5.32 Å². The number of fused-ring (bicyclic) bond motifs is 1. The lowest BCUT2D eigenvalue weighted by atomic mass is 9.78. The minimum atomic E-state index is 0.419. The lowest BCUT2D eigenvalue weighted by Gasteiger charge is -2.52. The molecule has 0 amide bonds. The fourth-order valence-electron chi connectivity index (χ4n) is 4.91. The van der Waals surface area contributed by atoms with Crippen LogP contribution < -0.4 is 5.32 Å². The summed E-state index contributed by atoms with van der Waals surface area (Å²) in [5.74, 6) is 0. The van der Waals surface area contributed by atoms with Crippen molar-refractivity contribution >= 4 is 11.6 Å². The number of halogens is 1. The fraction of sp³-hybridized carbons (Fsp3) is 0.667. The molecule has 0 aromatic heterocycles. The van der Waals surface area contributed by atoms with Crippen LogP contribution in [0.4, 0.5) is 0 Å². The van der Waals surface area contributed by atoms with Crippen LogP contribution in [0.15, 0.2) is 18.2 Å². The van der Waals surface area contributed by atoms with E-state index in [0.717, 1.165) is 11.6 Å². The Kier molecular flexibility index (Phi) is 3.72. The van der Waals surface area contributed by atoms with Crippen LogP contribution in [0, 0.1) is 0 Å². The third-order valence-corrected chi connectivity index (χ3v) is 6.14. The maximum atomic E-state index is 6.18. The first-order valence-corrected chi connectivity index (χ1v) is 8.92. The standard InChI is InChI=1S/C18H25ClN2/c19-15-5-6-16-14(12-15)4-7-17(16)21-11-10-20-13-18(21)8-2-1-3-9-18/h5-6,12,17,20H,1-4,7-11,13H2. The number of rotatable bonds is 1. The number of nitrogens with one attached hydrogen (secondary N) is 1. The van der Waals surface area contributed by atoms with Crippen molar-refractivity contribution < 1.29 is 0 Å². The number of aryl methyl sites for hydroxylation is 1. The predicted octanol–water partition coefficient (Wildman–Crippen LogP) is 3.94. The van der Waals surface area contributed by atoms with Crippen molar-refractivity contribution in [2.45, 2.75) is 56.5 Å². The van der Waals surface area contributed by atoms with Crippen LogP contribution in [0.2, 0.25) is 5.02 Å². The summed E-state index contributed by atoms with van der Waals surface area (Å²) >= 11 is 6.18. The quantitative estimate of drug-likeness (QED) is 0.845. The molecule has 4 rings (SSSR count). The number of benzene rings is 1. The third kappa shape index (κ3) is 2.42. The minimum Gasteiger partial charge on any atom is -0.314 e. The van der Waals surface area contributed by atoms with Crippen molar-refractivity contribution in [3.05, 3.63) is 34.3 Å². The van der Waals surface area contributed by atoms with Crippen LogP contribution in [0.5, 0.6) is 0 Å². The van der Waals surface area contributed by atoms with Crippen LogP contribution in [-0.2, 0) is 6.42 Å². The predicted molar refractivity (Wildman–Crippen MR) is 87.9 cm³/mol. The molecule has 1 aliphatic heterocycles. The van der Waals surface area contributed by atoms with Crippen LogP contribution in [-0.4, -0.2) is 30.1 Å². The average molecular weight is 305 g/mol. The lowest BCUT2D eigenvalue weighted by molar-refractivity contribution is -0.00795. The Bertz CT molecular complexity index is 514. The van der Waals surface area contributed by atoms with Gasteiger partial charge in [0.05, 0.1) is 0 Å². The van der Waals surface area contributed by atoms with E-state index in [0.29, 0.717) is 11.6 Å². The average Bonchev–Trinajstić information content (AvgIpc) is 2.91. The summed E-state index contributed by atoms with van der Waals surface area (Å²) < 4.78 is 0. The molecule has 0 radical (unpaired) electrons. The molecule has 2 aliphatic carbocycles. The number of piperazine rings is 1. The van der Waals surface area contributed by atoms with Gasteiger partial charge >= 0.3 is 0 Å². The van der Waals surface area contributed by atoms with Gasteiger partial charge in [0.1, 0.15) is 0 Å². The second-order valence-corrected chi connectivity index (χ2v) is 7.49. The first-order valence-electron chi connectivity index (χ1n) is 8.54. The summed E-state index contributed by atoms with van der Waals surface area (Å²) in [5.41, 5.74) is 3.45. The second kappa shape index (κ2) is 5.57. The largest absolute Gasteiger partial charge is 0.314 e. The van der Waals surface area contributed by atoms with Crippen molar-refractivity contribution in [2.75, 3.05) is 19.6 Å². The normalized spacial score (nSPS) is 28.7. The number of nitrogens with zero attached hydrogens (tertiary/aromatic N) is 1. The van der Waals surface area contributed by atoms with Crippen LogP contribution in [0.1, 0.15) is 55.7 Å². The first kappa shape index (κ1) is 14.0. The summed E-state index contributed by atoms with van der Waals surface area (Å²) in [6.07, 6.45) is 9.44. The molecule has 0 bridgehead atoms. The molecule has 3 heteroatoms. The van der Waals surface area contributed by atoms with Crippen LogP contribution in [0.25, 0.3) is 0 Å². The van der Waals surface area contributed by atoms with Gasteiger partial charge in [-0.25, -0.2) is 0 Å². The number of hydrogen-bond donors (Lipinski definition) is 1. The van der Waals surface area contributed by atoms with E-state index in [2.05, 4.69) is 28.4 Å². The van der Waals surface area contributed by atoms with E-state index in [4.69, 9.17) is 11.6 Å². The van der Waals surface area contributed by atoms with Crippen LogP contribution in [0.3, 0.4) is 0 Å². The molecule has 1 N–H and O–H groups in total. The Labute approximate surface area is 132 Å². The number of hydrogen-bond acceptors (Lipinski definition) is 2. The highest BCUT2D eigenvalue weighted by Crippen LogP contribution is 2.45. The fourth-order valence-corrected chi connectivity index (χ4v) is 5.10. The Hall–Kier alpha value is -0.570. The van der Waals surface area contributed by atoms with Crippen molar-refractivity contribution in [3.8, 4) is 0 Å². The smallest absolute Gasteiger partial charge is 0.0408 e. The molecule has 1 atom stereocenters. The molecule has 1 saturated carbocycles. The SMILES string of the molecule is Clc1ccc2c(c1)CCC2N1CCNCC12CCCCC2. The molecule has 2 fully saturated rings.